The number of nitrogens with two attached hydrogens (primary N) is 1. The highest BCUT2D eigenvalue weighted by Gasteiger charge is 2.27. The number of hydrogen-bond donors (Lipinski definition) is 2. The summed E-state index contributed by atoms with van der Waals surface area (Å²) < 4.78 is 40.4. The van der Waals surface area contributed by atoms with Crippen molar-refractivity contribution in [2.24, 2.45) is 0 Å². The zero-order valence-corrected chi connectivity index (χ0v) is 12.3. The molecule has 0 heterocycles. The molecule has 0 unspecified atom stereocenters. The third-order valence-corrected chi connectivity index (χ3v) is 2.89. The lowest BCUT2D eigenvalue weighted by molar-refractivity contribution is -0.174. The predicted molar refractivity (Wildman–Crippen MR) is 73.4 cm³/mol. The third-order valence-electron chi connectivity index (χ3n) is 2.27. The van der Waals surface area contributed by atoms with Crippen molar-refractivity contribution in [3.05, 3.63) is 22.2 Å². The number of alkyl halides is 3. The molecule has 0 saturated heterocycles. The van der Waals surface area contributed by atoms with Gasteiger partial charge in [-0.3, -0.25) is 4.79 Å². The van der Waals surface area contributed by atoms with Crippen molar-refractivity contribution >= 4 is 33.2 Å². The zero-order chi connectivity index (χ0) is 15.3. The molecule has 0 radical (unpaired) electrons. The highest BCUT2D eigenvalue weighted by atomic mass is 79.9. The van der Waals surface area contributed by atoms with Crippen molar-refractivity contribution in [2.75, 3.05) is 24.3 Å². The summed E-state index contributed by atoms with van der Waals surface area (Å²) >= 11 is 3.26. The minimum Gasteiger partial charge on any atom is -0.397 e. The summed E-state index contributed by atoms with van der Waals surface area (Å²) in [5, 5.41) is 2.53. The average molecular weight is 355 g/mol. The van der Waals surface area contributed by atoms with E-state index < -0.39 is 18.7 Å². The number of halogens is 4. The van der Waals surface area contributed by atoms with E-state index in [1.807, 2.05) is 6.92 Å². The Hall–Kier alpha value is -1.28. The second-order valence-electron chi connectivity index (χ2n) is 4.18. The number of amides is 1. The second kappa shape index (κ2) is 6.94. The molecule has 0 aromatic heterocycles. The maximum atomic E-state index is 11.8. The average Bonchev–Trinajstić information content (AvgIpc) is 2.28. The molecule has 20 heavy (non-hydrogen) atoms. The minimum absolute atomic E-state index is 0.185. The van der Waals surface area contributed by atoms with Crippen LogP contribution in [0.1, 0.15) is 12.0 Å². The molecular weight excluding hydrogens is 341 g/mol. The fourth-order valence-corrected chi connectivity index (χ4v) is 2.14. The maximum absolute atomic E-state index is 11.8. The van der Waals surface area contributed by atoms with Crippen LogP contribution >= 0.6 is 15.9 Å². The molecule has 1 rings (SSSR count). The van der Waals surface area contributed by atoms with Gasteiger partial charge < -0.3 is 15.8 Å². The third kappa shape index (κ3) is 5.79. The Morgan fingerprint density at radius 1 is 1.45 bits per heavy atom. The molecule has 4 nitrogen and oxygen atoms in total. The smallest absolute Gasteiger partial charge is 0.397 e. The summed E-state index contributed by atoms with van der Waals surface area (Å²) in [5.41, 5.74) is 7.45. The van der Waals surface area contributed by atoms with Gasteiger partial charge in [0.1, 0.15) is 6.61 Å². The first-order chi connectivity index (χ1) is 9.19. The monoisotopic (exact) mass is 354 g/mol. The van der Waals surface area contributed by atoms with Gasteiger partial charge in [-0.05, 0) is 40.5 Å². The van der Waals surface area contributed by atoms with E-state index >= 15 is 0 Å². The van der Waals surface area contributed by atoms with E-state index in [1.54, 1.807) is 12.1 Å². The maximum Gasteiger partial charge on any atom is 0.411 e. The van der Waals surface area contributed by atoms with E-state index in [0.717, 1.165) is 5.56 Å². The van der Waals surface area contributed by atoms with Crippen LogP contribution in [0, 0.1) is 6.92 Å². The second-order valence-corrected chi connectivity index (χ2v) is 5.03. The Kier molecular flexibility index (Phi) is 5.82. The van der Waals surface area contributed by atoms with Crippen LogP contribution in [0.2, 0.25) is 0 Å². The van der Waals surface area contributed by atoms with E-state index in [1.165, 1.54) is 0 Å². The number of nitrogen functional groups attached to an aromatic ring is 1. The van der Waals surface area contributed by atoms with Crippen molar-refractivity contribution in [3.8, 4) is 0 Å². The van der Waals surface area contributed by atoms with Gasteiger partial charge in [0.05, 0.1) is 24.4 Å². The SMILES string of the molecule is Cc1cc(N)c(NC(=O)CCOCC(F)(F)F)c(Br)c1. The molecule has 0 aliphatic heterocycles. The number of rotatable bonds is 5. The Bertz CT molecular complexity index is 469. The van der Waals surface area contributed by atoms with E-state index in [2.05, 4.69) is 26.0 Å². The van der Waals surface area contributed by atoms with Gasteiger partial charge in [-0.15, -0.1) is 0 Å². The van der Waals surface area contributed by atoms with Gasteiger partial charge in [-0.25, -0.2) is 0 Å². The minimum atomic E-state index is -4.39. The van der Waals surface area contributed by atoms with Crippen LogP contribution in [0.5, 0.6) is 0 Å². The van der Waals surface area contributed by atoms with Crippen LogP contribution in [-0.4, -0.2) is 25.3 Å². The molecule has 0 spiro atoms. The normalized spacial score (nSPS) is 11.4. The van der Waals surface area contributed by atoms with Gasteiger partial charge >= 0.3 is 6.18 Å². The Labute approximate surface area is 122 Å². The van der Waals surface area contributed by atoms with Crippen molar-refractivity contribution < 1.29 is 22.7 Å². The Balaban J connectivity index is 2.47. The Morgan fingerprint density at radius 3 is 2.65 bits per heavy atom. The fourth-order valence-electron chi connectivity index (χ4n) is 1.46. The highest BCUT2D eigenvalue weighted by molar-refractivity contribution is 9.10. The van der Waals surface area contributed by atoms with Gasteiger partial charge in [0.25, 0.3) is 0 Å². The summed E-state index contributed by atoms with van der Waals surface area (Å²) in [6, 6.07) is 3.45. The summed E-state index contributed by atoms with van der Waals surface area (Å²) in [6.07, 6.45) is -4.57. The van der Waals surface area contributed by atoms with Crippen molar-refractivity contribution in [1.82, 2.24) is 0 Å². The molecule has 0 fully saturated rings. The largest absolute Gasteiger partial charge is 0.411 e. The predicted octanol–water partition coefficient (Wildman–Crippen LogP) is 3.25. The lowest BCUT2D eigenvalue weighted by Gasteiger charge is -2.12. The standard InChI is InChI=1S/C12H14BrF3N2O2/c1-7-4-8(13)11(9(17)5-7)18-10(19)2-3-20-6-12(14,15)16/h4-5H,2-3,6,17H2,1H3,(H,18,19). The molecule has 0 bridgehead atoms. The van der Waals surface area contributed by atoms with Crippen LogP contribution in [0.4, 0.5) is 24.5 Å². The van der Waals surface area contributed by atoms with Gasteiger partial charge in [0.15, 0.2) is 0 Å². The fraction of sp³-hybridized carbons (Fsp3) is 0.417. The molecule has 0 aliphatic carbocycles. The van der Waals surface area contributed by atoms with Crippen LogP contribution in [0.15, 0.2) is 16.6 Å². The van der Waals surface area contributed by atoms with E-state index in [-0.39, 0.29) is 13.0 Å². The highest BCUT2D eigenvalue weighted by Crippen LogP contribution is 2.30. The summed E-state index contributed by atoms with van der Waals surface area (Å²) in [7, 11) is 0. The number of anilines is 2. The lowest BCUT2D eigenvalue weighted by atomic mass is 10.2. The first-order valence-corrected chi connectivity index (χ1v) is 6.48. The van der Waals surface area contributed by atoms with Gasteiger partial charge in [0, 0.05) is 4.47 Å². The summed E-state index contributed by atoms with van der Waals surface area (Å²) in [5.74, 6) is -0.469. The first-order valence-electron chi connectivity index (χ1n) is 5.69. The summed E-state index contributed by atoms with van der Waals surface area (Å²) in [6.45, 7) is 0.170. The molecule has 1 amide bonds. The molecule has 1 aromatic carbocycles. The molecule has 1 aromatic rings. The van der Waals surface area contributed by atoms with Crippen molar-refractivity contribution in [1.29, 1.82) is 0 Å². The zero-order valence-electron chi connectivity index (χ0n) is 10.7. The number of carbonyl (C=O) groups is 1. The topological polar surface area (TPSA) is 64.3 Å². The summed E-state index contributed by atoms with van der Waals surface area (Å²) in [4.78, 5) is 11.6. The molecule has 0 atom stereocenters. The van der Waals surface area contributed by atoms with E-state index in [0.29, 0.717) is 15.8 Å². The van der Waals surface area contributed by atoms with Crippen LogP contribution in [-0.2, 0) is 9.53 Å². The molecule has 112 valence electrons. The van der Waals surface area contributed by atoms with Gasteiger partial charge in [-0.1, -0.05) is 0 Å². The molecular formula is C12H14BrF3N2O2. The quantitative estimate of drug-likeness (QED) is 0.630. The first kappa shape index (κ1) is 16.8. The molecule has 3 N–H and O–H groups in total. The molecule has 8 heteroatoms. The van der Waals surface area contributed by atoms with Gasteiger partial charge in [-0.2, -0.15) is 13.2 Å². The number of ether oxygens (including phenoxy) is 1. The van der Waals surface area contributed by atoms with E-state index in [9.17, 15) is 18.0 Å². The number of aryl methyl sites for hydroxylation is 1. The number of hydrogen-bond acceptors (Lipinski definition) is 3. The molecule has 0 saturated carbocycles. The van der Waals surface area contributed by atoms with E-state index in [4.69, 9.17) is 5.73 Å². The molecule has 0 aliphatic rings. The van der Waals surface area contributed by atoms with Crippen molar-refractivity contribution in [3.63, 3.8) is 0 Å². The number of carbonyl (C=O) groups excluding carboxylic acids is 1. The number of benzene rings is 1. The Morgan fingerprint density at radius 2 is 2.10 bits per heavy atom. The van der Waals surface area contributed by atoms with Crippen LogP contribution in [0.3, 0.4) is 0 Å². The van der Waals surface area contributed by atoms with Gasteiger partial charge in [0.2, 0.25) is 5.91 Å². The van der Waals surface area contributed by atoms with Crippen LogP contribution < -0.4 is 11.1 Å². The van der Waals surface area contributed by atoms with Crippen LogP contribution in [0.25, 0.3) is 0 Å². The number of nitrogens with one attached hydrogen (secondary N) is 1. The lowest BCUT2D eigenvalue weighted by Crippen LogP contribution is -2.20. The van der Waals surface area contributed by atoms with Crippen molar-refractivity contribution in [2.45, 2.75) is 19.5 Å².